The van der Waals surface area contributed by atoms with Crippen molar-refractivity contribution in [1.82, 2.24) is 4.90 Å². The molecule has 3 nitrogen and oxygen atoms in total. The second kappa shape index (κ2) is 5.21. The Labute approximate surface area is 103 Å². The number of benzene rings is 1. The van der Waals surface area contributed by atoms with E-state index in [1.807, 2.05) is 0 Å². The molecule has 92 valence electrons. The molecule has 1 aromatic rings. The minimum Gasteiger partial charge on any atom is -0.376 e. The van der Waals surface area contributed by atoms with E-state index in [-0.39, 0.29) is 5.91 Å². The largest absolute Gasteiger partial charge is 0.376 e. The number of rotatable bonds is 3. The van der Waals surface area contributed by atoms with E-state index in [1.54, 1.807) is 19.0 Å². The Kier molecular flexibility index (Phi) is 3.67. The lowest BCUT2D eigenvalue weighted by molar-refractivity contribution is -0.126. The first-order valence-electron chi connectivity index (χ1n) is 6.23. The van der Waals surface area contributed by atoms with Crippen molar-refractivity contribution >= 4 is 11.6 Å². The van der Waals surface area contributed by atoms with Crippen molar-refractivity contribution in [2.24, 2.45) is 0 Å². The molecular weight excluding hydrogens is 212 g/mol. The first-order chi connectivity index (χ1) is 8.18. The van der Waals surface area contributed by atoms with Crippen LogP contribution in [0.15, 0.2) is 18.2 Å². The Balaban J connectivity index is 2.08. The van der Waals surface area contributed by atoms with Crippen molar-refractivity contribution in [3.8, 4) is 0 Å². The number of carbonyl (C=O) groups excluding carboxylic acids is 1. The molecule has 0 aliphatic heterocycles. The SMILES string of the molecule is CN(C)C(=O)CNc1cccc2c1CCCC2. The van der Waals surface area contributed by atoms with Crippen LogP contribution in [-0.2, 0) is 17.6 Å². The molecule has 1 aliphatic carbocycles. The summed E-state index contributed by atoms with van der Waals surface area (Å²) in [4.78, 5) is 13.2. The fraction of sp³-hybridized carbons (Fsp3) is 0.500. The van der Waals surface area contributed by atoms with Gasteiger partial charge in [-0.2, -0.15) is 0 Å². The molecule has 0 heterocycles. The number of carbonyl (C=O) groups is 1. The first-order valence-corrected chi connectivity index (χ1v) is 6.23. The van der Waals surface area contributed by atoms with E-state index < -0.39 is 0 Å². The maximum atomic E-state index is 11.5. The predicted octanol–water partition coefficient (Wildman–Crippen LogP) is 2.07. The van der Waals surface area contributed by atoms with Crippen molar-refractivity contribution in [1.29, 1.82) is 0 Å². The number of likely N-dealkylation sites (N-methyl/N-ethyl adjacent to an activating group) is 1. The Morgan fingerprint density at radius 2 is 2.06 bits per heavy atom. The molecule has 0 spiro atoms. The van der Waals surface area contributed by atoms with Gasteiger partial charge in [-0.1, -0.05) is 12.1 Å². The highest BCUT2D eigenvalue weighted by molar-refractivity contribution is 5.80. The Morgan fingerprint density at radius 1 is 1.29 bits per heavy atom. The number of hydrogen-bond acceptors (Lipinski definition) is 2. The molecule has 3 heteroatoms. The molecule has 0 saturated carbocycles. The lowest BCUT2D eigenvalue weighted by atomic mass is 9.90. The van der Waals surface area contributed by atoms with Crippen molar-refractivity contribution in [2.45, 2.75) is 25.7 Å². The summed E-state index contributed by atoms with van der Waals surface area (Å²) in [7, 11) is 3.56. The van der Waals surface area contributed by atoms with Crippen LogP contribution in [0.5, 0.6) is 0 Å². The van der Waals surface area contributed by atoms with Gasteiger partial charge < -0.3 is 10.2 Å². The van der Waals surface area contributed by atoms with Gasteiger partial charge in [-0.05, 0) is 42.9 Å². The summed E-state index contributed by atoms with van der Waals surface area (Å²) in [6.45, 7) is 0.378. The highest BCUT2D eigenvalue weighted by atomic mass is 16.2. The molecule has 1 N–H and O–H groups in total. The number of aryl methyl sites for hydroxylation is 1. The van der Waals surface area contributed by atoms with Crippen LogP contribution in [0.4, 0.5) is 5.69 Å². The minimum absolute atomic E-state index is 0.110. The van der Waals surface area contributed by atoms with Gasteiger partial charge in [-0.25, -0.2) is 0 Å². The second-order valence-corrected chi connectivity index (χ2v) is 4.79. The van der Waals surface area contributed by atoms with E-state index >= 15 is 0 Å². The van der Waals surface area contributed by atoms with Gasteiger partial charge in [0.15, 0.2) is 0 Å². The summed E-state index contributed by atoms with van der Waals surface area (Å²) in [5.74, 6) is 0.110. The van der Waals surface area contributed by atoms with E-state index in [2.05, 4.69) is 23.5 Å². The zero-order valence-electron chi connectivity index (χ0n) is 10.6. The van der Waals surface area contributed by atoms with Gasteiger partial charge in [0.1, 0.15) is 0 Å². The average Bonchev–Trinajstić information content (AvgIpc) is 2.35. The molecular formula is C14H20N2O. The molecule has 0 atom stereocenters. The average molecular weight is 232 g/mol. The number of nitrogens with one attached hydrogen (secondary N) is 1. The lowest BCUT2D eigenvalue weighted by Crippen LogP contribution is -2.29. The van der Waals surface area contributed by atoms with Gasteiger partial charge in [0.25, 0.3) is 0 Å². The third kappa shape index (κ3) is 2.78. The van der Waals surface area contributed by atoms with Crippen LogP contribution in [0.25, 0.3) is 0 Å². The summed E-state index contributed by atoms with van der Waals surface area (Å²) in [5.41, 5.74) is 3.99. The summed E-state index contributed by atoms with van der Waals surface area (Å²) in [5, 5.41) is 3.26. The van der Waals surface area contributed by atoms with Crippen molar-refractivity contribution in [3.05, 3.63) is 29.3 Å². The maximum absolute atomic E-state index is 11.5. The summed E-state index contributed by atoms with van der Waals surface area (Å²) >= 11 is 0. The minimum atomic E-state index is 0.110. The van der Waals surface area contributed by atoms with Crippen molar-refractivity contribution in [2.75, 3.05) is 26.0 Å². The zero-order chi connectivity index (χ0) is 12.3. The number of fused-ring (bicyclic) bond motifs is 1. The lowest BCUT2D eigenvalue weighted by Gasteiger charge is -2.20. The topological polar surface area (TPSA) is 32.3 Å². The molecule has 1 aliphatic rings. The highest BCUT2D eigenvalue weighted by Crippen LogP contribution is 2.27. The molecule has 0 aromatic heterocycles. The summed E-state index contributed by atoms with van der Waals surface area (Å²) in [6, 6.07) is 6.35. The quantitative estimate of drug-likeness (QED) is 0.865. The number of amides is 1. The third-order valence-corrected chi connectivity index (χ3v) is 3.32. The van der Waals surface area contributed by atoms with Crippen LogP contribution in [0, 0.1) is 0 Å². The van der Waals surface area contributed by atoms with Gasteiger partial charge in [0.05, 0.1) is 6.54 Å². The second-order valence-electron chi connectivity index (χ2n) is 4.79. The fourth-order valence-corrected chi connectivity index (χ4v) is 2.28. The van der Waals surface area contributed by atoms with Crippen molar-refractivity contribution < 1.29 is 4.79 Å². The van der Waals surface area contributed by atoms with Gasteiger partial charge >= 0.3 is 0 Å². The molecule has 1 amide bonds. The fourth-order valence-electron chi connectivity index (χ4n) is 2.28. The molecule has 0 fully saturated rings. The van der Waals surface area contributed by atoms with Gasteiger partial charge in [-0.3, -0.25) is 4.79 Å². The van der Waals surface area contributed by atoms with Crippen LogP contribution < -0.4 is 5.32 Å². The van der Waals surface area contributed by atoms with Crippen LogP contribution in [0.2, 0.25) is 0 Å². The van der Waals surface area contributed by atoms with Gasteiger partial charge in [0.2, 0.25) is 5.91 Å². The van der Waals surface area contributed by atoms with Crippen LogP contribution >= 0.6 is 0 Å². The van der Waals surface area contributed by atoms with Crippen molar-refractivity contribution in [3.63, 3.8) is 0 Å². The number of hydrogen-bond donors (Lipinski definition) is 1. The molecule has 2 rings (SSSR count). The van der Waals surface area contributed by atoms with E-state index in [1.165, 1.54) is 30.4 Å². The van der Waals surface area contributed by atoms with Gasteiger partial charge in [0, 0.05) is 19.8 Å². The predicted molar refractivity (Wildman–Crippen MR) is 70.3 cm³/mol. The molecule has 17 heavy (non-hydrogen) atoms. The molecule has 0 bridgehead atoms. The Bertz CT molecular complexity index is 413. The smallest absolute Gasteiger partial charge is 0.241 e. The summed E-state index contributed by atoms with van der Waals surface area (Å²) in [6.07, 6.45) is 4.85. The monoisotopic (exact) mass is 232 g/mol. The van der Waals surface area contributed by atoms with E-state index in [4.69, 9.17) is 0 Å². The standard InChI is InChI=1S/C14H20N2O/c1-16(2)14(17)10-15-13-9-5-7-11-6-3-4-8-12(11)13/h5,7,9,15H,3-4,6,8,10H2,1-2H3. The highest BCUT2D eigenvalue weighted by Gasteiger charge is 2.13. The number of anilines is 1. The number of nitrogens with zero attached hydrogens (tertiary/aromatic N) is 1. The molecule has 1 aromatic carbocycles. The molecule has 0 unspecified atom stereocenters. The Morgan fingerprint density at radius 3 is 2.82 bits per heavy atom. The normalized spacial score (nSPS) is 14.0. The maximum Gasteiger partial charge on any atom is 0.241 e. The molecule has 0 radical (unpaired) electrons. The van der Waals surface area contributed by atoms with E-state index in [0.29, 0.717) is 6.54 Å². The van der Waals surface area contributed by atoms with E-state index in [9.17, 15) is 4.79 Å². The van der Waals surface area contributed by atoms with Crippen LogP contribution in [0.3, 0.4) is 0 Å². The first kappa shape index (κ1) is 12.0. The van der Waals surface area contributed by atoms with Gasteiger partial charge in [-0.15, -0.1) is 0 Å². The van der Waals surface area contributed by atoms with Crippen LogP contribution in [-0.4, -0.2) is 31.4 Å². The zero-order valence-corrected chi connectivity index (χ0v) is 10.6. The Hall–Kier alpha value is -1.51. The third-order valence-electron chi connectivity index (χ3n) is 3.32. The van der Waals surface area contributed by atoms with E-state index in [0.717, 1.165) is 12.1 Å². The summed E-state index contributed by atoms with van der Waals surface area (Å²) < 4.78 is 0. The van der Waals surface area contributed by atoms with Crippen LogP contribution in [0.1, 0.15) is 24.0 Å². The molecule has 0 saturated heterocycles.